The third kappa shape index (κ3) is 4.12. The second-order valence-electron chi connectivity index (χ2n) is 6.31. The lowest BCUT2D eigenvalue weighted by Gasteiger charge is -2.33. The van der Waals surface area contributed by atoms with Gasteiger partial charge in [-0.15, -0.1) is 0 Å². The van der Waals surface area contributed by atoms with E-state index in [1.807, 2.05) is 30.3 Å². The molecule has 132 valence electrons. The third-order valence-electron chi connectivity index (χ3n) is 4.58. The Labute approximate surface area is 150 Å². The lowest BCUT2D eigenvalue weighted by atomic mass is 9.87. The molecule has 1 fully saturated rings. The van der Waals surface area contributed by atoms with E-state index < -0.39 is 17.3 Å². The van der Waals surface area contributed by atoms with Crippen LogP contribution in [-0.2, 0) is 11.7 Å². The number of nitrogens with one attached hydrogen (secondary N) is 2. The van der Waals surface area contributed by atoms with Gasteiger partial charge in [-0.2, -0.15) is 13.2 Å². The van der Waals surface area contributed by atoms with E-state index in [-0.39, 0.29) is 0 Å². The third-order valence-corrected chi connectivity index (χ3v) is 4.79. The van der Waals surface area contributed by atoms with Gasteiger partial charge in [-0.05, 0) is 54.9 Å². The molecule has 0 radical (unpaired) electrons. The van der Waals surface area contributed by atoms with Crippen LogP contribution < -0.4 is 10.6 Å². The number of anilines is 1. The number of benzene rings is 2. The van der Waals surface area contributed by atoms with Crippen LogP contribution >= 0.6 is 12.2 Å². The molecule has 25 heavy (non-hydrogen) atoms. The molecule has 3 rings (SSSR count). The molecule has 0 atom stereocenters. The van der Waals surface area contributed by atoms with Gasteiger partial charge in [0, 0.05) is 5.69 Å². The molecule has 2 aromatic carbocycles. The molecule has 1 aliphatic rings. The van der Waals surface area contributed by atoms with Crippen molar-refractivity contribution >= 4 is 23.0 Å². The van der Waals surface area contributed by atoms with E-state index in [4.69, 9.17) is 12.2 Å². The largest absolute Gasteiger partial charge is 0.416 e. The van der Waals surface area contributed by atoms with Crippen LogP contribution in [0.4, 0.5) is 18.9 Å². The maximum Gasteiger partial charge on any atom is 0.416 e. The Balaban J connectivity index is 1.83. The van der Waals surface area contributed by atoms with Crippen LogP contribution in [0.1, 0.15) is 36.8 Å². The molecule has 0 spiro atoms. The van der Waals surface area contributed by atoms with Gasteiger partial charge in [-0.25, -0.2) is 0 Å². The summed E-state index contributed by atoms with van der Waals surface area (Å²) in [4.78, 5) is 0. The summed E-state index contributed by atoms with van der Waals surface area (Å²) in [5.41, 5.74) is 0.300. The zero-order valence-electron chi connectivity index (χ0n) is 13.6. The topological polar surface area (TPSA) is 24.1 Å². The van der Waals surface area contributed by atoms with Crippen LogP contribution in [0.2, 0.25) is 0 Å². The van der Waals surface area contributed by atoms with Crippen molar-refractivity contribution in [2.75, 3.05) is 5.32 Å². The van der Waals surface area contributed by atoms with Gasteiger partial charge in [0.05, 0.1) is 11.1 Å². The summed E-state index contributed by atoms with van der Waals surface area (Å²) in [7, 11) is 0. The molecule has 2 aromatic rings. The molecule has 0 aromatic heterocycles. The van der Waals surface area contributed by atoms with Crippen molar-refractivity contribution in [2.24, 2.45) is 0 Å². The summed E-state index contributed by atoms with van der Waals surface area (Å²) in [5.74, 6) is 0. The van der Waals surface area contributed by atoms with E-state index in [0.29, 0.717) is 10.7 Å². The van der Waals surface area contributed by atoms with Crippen molar-refractivity contribution in [3.8, 4) is 0 Å². The monoisotopic (exact) mass is 364 g/mol. The Hall–Kier alpha value is -2.08. The van der Waals surface area contributed by atoms with Crippen LogP contribution in [0.5, 0.6) is 0 Å². The molecule has 0 unspecified atom stereocenters. The molecule has 0 aliphatic heterocycles. The van der Waals surface area contributed by atoms with E-state index in [1.165, 1.54) is 12.1 Å². The normalized spacial score (nSPS) is 16.4. The van der Waals surface area contributed by atoms with Gasteiger partial charge in [0.25, 0.3) is 0 Å². The first-order valence-electron chi connectivity index (χ1n) is 8.21. The van der Waals surface area contributed by atoms with E-state index in [0.717, 1.165) is 37.4 Å². The highest BCUT2D eigenvalue weighted by Gasteiger charge is 2.38. The van der Waals surface area contributed by atoms with E-state index >= 15 is 0 Å². The highest BCUT2D eigenvalue weighted by molar-refractivity contribution is 7.80. The van der Waals surface area contributed by atoms with Gasteiger partial charge in [0.1, 0.15) is 0 Å². The number of alkyl halides is 3. The summed E-state index contributed by atoms with van der Waals surface area (Å²) < 4.78 is 39.2. The number of rotatable bonds is 3. The molecule has 6 heteroatoms. The van der Waals surface area contributed by atoms with Gasteiger partial charge in [0.2, 0.25) is 0 Å². The van der Waals surface area contributed by atoms with Crippen LogP contribution in [-0.4, -0.2) is 5.11 Å². The number of para-hydroxylation sites is 1. The highest BCUT2D eigenvalue weighted by Crippen LogP contribution is 2.40. The molecule has 0 saturated heterocycles. The Bertz CT molecular complexity index is 738. The molecule has 2 nitrogen and oxygen atoms in total. The fourth-order valence-corrected chi connectivity index (χ4v) is 3.67. The maximum atomic E-state index is 13.1. The minimum absolute atomic E-state index is 0.422. The Morgan fingerprint density at radius 1 is 0.960 bits per heavy atom. The average Bonchev–Trinajstić information content (AvgIpc) is 3.04. The molecule has 0 amide bonds. The molecular weight excluding hydrogens is 345 g/mol. The smallest absolute Gasteiger partial charge is 0.353 e. The average molecular weight is 364 g/mol. The SMILES string of the molecule is FC(F)(F)c1cccc(C2(NC(=S)Nc3ccccc3)CCCC2)c1. The maximum absolute atomic E-state index is 13.1. The zero-order valence-corrected chi connectivity index (χ0v) is 14.4. The number of hydrogen-bond acceptors (Lipinski definition) is 1. The molecule has 1 aliphatic carbocycles. The summed E-state index contributed by atoms with van der Waals surface area (Å²) >= 11 is 5.41. The van der Waals surface area contributed by atoms with Gasteiger partial charge in [-0.1, -0.05) is 43.2 Å². The quantitative estimate of drug-likeness (QED) is 0.707. The first-order chi connectivity index (χ1) is 11.9. The first-order valence-corrected chi connectivity index (χ1v) is 8.62. The fraction of sp³-hybridized carbons (Fsp3) is 0.316. The van der Waals surface area contributed by atoms with Crippen LogP contribution in [0.3, 0.4) is 0 Å². The van der Waals surface area contributed by atoms with Crippen molar-refractivity contribution in [3.63, 3.8) is 0 Å². The second kappa shape index (κ2) is 7.04. The van der Waals surface area contributed by atoms with Crippen molar-refractivity contribution in [2.45, 2.75) is 37.4 Å². The van der Waals surface area contributed by atoms with Crippen molar-refractivity contribution in [3.05, 3.63) is 65.7 Å². The Morgan fingerprint density at radius 2 is 1.64 bits per heavy atom. The second-order valence-corrected chi connectivity index (χ2v) is 6.72. The van der Waals surface area contributed by atoms with Crippen molar-refractivity contribution < 1.29 is 13.2 Å². The summed E-state index contributed by atoms with van der Waals surface area (Å²) in [6.45, 7) is 0. The molecule has 2 N–H and O–H groups in total. The van der Waals surface area contributed by atoms with Crippen molar-refractivity contribution in [1.82, 2.24) is 5.32 Å². The number of halogens is 3. The molecular formula is C19H19F3N2S. The lowest BCUT2D eigenvalue weighted by Crippen LogP contribution is -2.45. The predicted molar refractivity (Wildman–Crippen MR) is 97.4 cm³/mol. The van der Waals surface area contributed by atoms with Gasteiger partial charge in [0.15, 0.2) is 5.11 Å². The van der Waals surface area contributed by atoms with E-state index in [2.05, 4.69) is 10.6 Å². The van der Waals surface area contributed by atoms with Gasteiger partial charge in [-0.3, -0.25) is 0 Å². The fourth-order valence-electron chi connectivity index (χ4n) is 3.36. The zero-order chi connectivity index (χ0) is 17.9. The Kier molecular flexibility index (Phi) is 4.99. The summed E-state index contributed by atoms with van der Waals surface area (Å²) in [5, 5.41) is 6.82. The first kappa shape index (κ1) is 17.7. The van der Waals surface area contributed by atoms with Gasteiger partial charge < -0.3 is 10.6 Å². The molecule has 1 saturated carbocycles. The molecule has 0 bridgehead atoms. The van der Waals surface area contributed by atoms with E-state index in [1.54, 1.807) is 6.07 Å². The highest BCUT2D eigenvalue weighted by atomic mass is 32.1. The Morgan fingerprint density at radius 3 is 2.28 bits per heavy atom. The summed E-state index contributed by atoms with van der Waals surface area (Å²) in [6, 6.07) is 15.0. The predicted octanol–water partition coefficient (Wildman–Crippen LogP) is 5.46. The molecule has 0 heterocycles. The van der Waals surface area contributed by atoms with Crippen LogP contribution in [0, 0.1) is 0 Å². The van der Waals surface area contributed by atoms with Crippen LogP contribution in [0.25, 0.3) is 0 Å². The minimum Gasteiger partial charge on any atom is -0.353 e. The standard InChI is InChI=1S/C19H19F3N2S/c20-19(21,22)15-8-6-7-14(13-15)18(11-4-5-12-18)24-17(25)23-16-9-2-1-3-10-16/h1-3,6-10,13H,4-5,11-12H2,(H2,23,24,25). The van der Waals surface area contributed by atoms with E-state index in [9.17, 15) is 13.2 Å². The lowest BCUT2D eigenvalue weighted by molar-refractivity contribution is -0.137. The van der Waals surface area contributed by atoms with Crippen molar-refractivity contribution in [1.29, 1.82) is 0 Å². The number of thiocarbonyl (C=S) groups is 1. The van der Waals surface area contributed by atoms with Crippen LogP contribution in [0.15, 0.2) is 54.6 Å². The summed E-state index contributed by atoms with van der Waals surface area (Å²) in [6.07, 6.45) is -0.928. The number of hydrogen-bond donors (Lipinski definition) is 2. The van der Waals surface area contributed by atoms with Gasteiger partial charge >= 0.3 is 6.18 Å². The minimum atomic E-state index is -4.35.